The summed E-state index contributed by atoms with van der Waals surface area (Å²) >= 11 is 0. The molecule has 1 aromatic rings. The van der Waals surface area contributed by atoms with Gasteiger partial charge in [-0.25, -0.2) is 0 Å². The van der Waals surface area contributed by atoms with Crippen LogP contribution in [0.15, 0.2) is 12.1 Å². The van der Waals surface area contributed by atoms with Crippen LogP contribution in [0.25, 0.3) is 0 Å². The lowest BCUT2D eigenvalue weighted by Crippen LogP contribution is -2.15. The third-order valence-electron chi connectivity index (χ3n) is 2.94. The van der Waals surface area contributed by atoms with Crippen molar-refractivity contribution in [3.63, 3.8) is 0 Å². The largest absolute Gasteiger partial charge is 0.507 e. The molecule has 5 N–H and O–H groups in total. The number of phenolic OH excluding ortho intramolecular Hbond substituents is 1. The Balaban J connectivity index is 3.18. The lowest BCUT2D eigenvalue weighted by Gasteiger charge is -2.23. The fraction of sp³-hybridized carbons (Fsp3) is 0.500. The predicted molar refractivity (Wildman–Crippen MR) is 72.2 cm³/mol. The van der Waals surface area contributed by atoms with Gasteiger partial charge in [0.1, 0.15) is 5.75 Å². The summed E-state index contributed by atoms with van der Waals surface area (Å²) in [6, 6.07) is 3.77. The Labute approximate surface area is 108 Å². The van der Waals surface area contributed by atoms with Gasteiger partial charge in [0.15, 0.2) is 0 Å². The van der Waals surface area contributed by atoms with E-state index in [-0.39, 0.29) is 23.6 Å². The van der Waals surface area contributed by atoms with Crippen LogP contribution in [0.3, 0.4) is 0 Å². The summed E-state index contributed by atoms with van der Waals surface area (Å²) in [6.45, 7) is 6.36. The molecule has 4 nitrogen and oxygen atoms in total. The van der Waals surface area contributed by atoms with Crippen molar-refractivity contribution in [3.05, 3.63) is 28.8 Å². The van der Waals surface area contributed by atoms with Crippen molar-refractivity contribution in [1.29, 1.82) is 0 Å². The highest BCUT2D eigenvalue weighted by molar-refractivity contribution is 5.74. The molecular weight excluding hydrogens is 228 g/mol. The van der Waals surface area contributed by atoms with E-state index >= 15 is 0 Å². The van der Waals surface area contributed by atoms with Crippen molar-refractivity contribution in [2.45, 2.75) is 45.6 Å². The third-order valence-corrected chi connectivity index (χ3v) is 2.94. The molecule has 1 amide bonds. The van der Waals surface area contributed by atoms with Crippen molar-refractivity contribution < 1.29 is 9.90 Å². The minimum absolute atomic E-state index is 0.170. The summed E-state index contributed by atoms with van der Waals surface area (Å²) in [5.74, 6) is -0.0671. The number of amides is 1. The Morgan fingerprint density at radius 2 is 1.94 bits per heavy atom. The molecular formula is C14H22N2O2. The number of nitrogens with two attached hydrogens (primary N) is 2. The standard InChI is InChI=1S/C14H22N2O2/c1-14(2,3)11-7-9(4-5-12(16)17)6-10(8-15)13(11)18/h6-7,18H,4-5,8,15H2,1-3H3,(H2,16,17). The van der Waals surface area contributed by atoms with Crippen molar-refractivity contribution >= 4 is 5.91 Å². The van der Waals surface area contributed by atoms with Gasteiger partial charge in [-0.3, -0.25) is 4.79 Å². The summed E-state index contributed by atoms with van der Waals surface area (Å²) in [7, 11) is 0. The maximum Gasteiger partial charge on any atom is 0.217 e. The lowest BCUT2D eigenvalue weighted by molar-refractivity contribution is -0.117. The van der Waals surface area contributed by atoms with Crippen molar-refractivity contribution in [2.75, 3.05) is 0 Å². The maximum atomic E-state index is 10.8. The number of hydrogen-bond acceptors (Lipinski definition) is 3. The molecule has 100 valence electrons. The van der Waals surface area contributed by atoms with Crippen molar-refractivity contribution in [2.24, 2.45) is 11.5 Å². The first-order chi connectivity index (χ1) is 8.25. The molecule has 18 heavy (non-hydrogen) atoms. The van der Waals surface area contributed by atoms with Crippen LogP contribution < -0.4 is 11.5 Å². The molecule has 0 radical (unpaired) electrons. The van der Waals surface area contributed by atoms with E-state index in [1.54, 1.807) is 0 Å². The highest BCUT2D eigenvalue weighted by Crippen LogP contribution is 2.34. The Morgan fingerprint density at radius 3 is 2.39 bits per heavy atom. The van der Waals surface area contributed by atoms with Crippen LogP contribution in [0, 0.1) is 0 Å². The second kappa shape index (κ2) is 5.40. The van der Waals surface area contributed by atoms with Gasteiger partial charge in [0, 0.05) is 18.5 Å². The fourth-order valence-electron chi connectivity index (χ4n) is 1.90. The topological polar surface area (TPSA) is 89.3 Å². The highest BCUT2D eigenvalue weighted by Gasteiger charge is 2.20. The van der Waals surface area contributed by atoms with Crippen LogP contribution in [0.4, 0.5) is 0 Å². The number of carbonyl (C=O) groups excluding carboxylic acids is 1. The first-order valence-corrected chi connectivity index (χ1v) is 6.09. The van der Waals surface area contributed by atoms with Crippen LogP contribution in [-0.4, -0.2) is 11.0 Å². The zero-order valence-corrected chi connectivity index (χ0v) is 11.3. The molecule has 0 spiro atoms. The number of benzene rings is 1. The van der Waals surface area contributed by atoms with E-state index in [0.29, 0.717) is 18.4 Å². The Kier molecular flexibility index (Phi) is 4.35. The lowest BCUT2D eigenvalue weighted by atomic mass is 9.83. The number of phenols is 1. The molecule has 0 aliphatic heterocycles. The zero-order chi connectivity index (χ0) is 13.9. The summed E-state index contributed by atoms with van der Waals surface area (Å²) in [5.41, 5.74) is 13.2. The van der Waals surface area contributed by atoms with Gasteiger partial charge in [-0.2, -0.15) is 0 Å². The fourth-order valence-corrected chi connectivity index (χ4v) is 1.90. The molecule has 0 fully saturated rings. The van der Waals surface area contributed by atoms with Crippen LogP contribution >= 0.6 is 0 Å². The third kappa shape index (κ3) is 3.47. The molecule has 1 aromatic carbocycles. The molecule has 0 unspecified atom stereocenters. The predicted octanol–water partition coefficient (Wildman–Crippen LogP) is 1.57. The van der Waals surface area contributed by atoms with Gasteiger partial charge in [-0.15, -0.1) is 0 Å². The molecule has 0 bridgehead atoms. The first kappa shape index (κ1) is 14.5. The Bertz CT molecular complexity index is 448. The number of rotatable bonds is 4. The minimum atomic E-state index is -0.324. The van der Waals surface area contributed by atoms with Gasteiger partial charge < -0.3 is 16.6 Å². The molecule has 0 saturated heterocycles. The van der Waals surface area contributed by atoms with Crippen LogP contribution in [-0.2, 0) is 23.2 Å². The summed E-state index contributed by atoms with van der Waals surface area (Å²) in [5, 5.41) is 10.2. The van der Waals surface area contributed by atoms with E-state index in [9.17, 15) is 9.90 Å². The van der Waals surface area contributed by atoms with E-state index in [1.165, 1.54) is 0 Å². The van der Waals surface area contributed by atoms with E-state index in [1.807, 2.05) is 32.9 Å². The quantitative estimate of drug-likeness (QED) is 0.757. The van der Waals surface area contributed by atoms with E-state index in [0.717, 1.165) is 11.1 Å². The van der Waals surface area contributed by atoms with E-state index in [4.69, 9.17) is 11.5 Å². The van der Waals surface area contributed by atoms with Gasteiger partial charge in [0.2, 0.25) is 5.91 Å². The molecule has 0 heterocycles. The molecule has 0 atom stereocenters. The van der Waals surface area contributed by atoms with E-state index in [2.05, 4.69) is 0 Å². The maximum absolute atomic E-state index is 10.8. The van der Waals surface area contributed by atoms with Gasteiger partial charge in [-0.05, 0) is 23.0 Å². The monoisotopic (exact) mass is 250 g/mol. The van der Waals surface area contributed by atoms with Gasteiger partial charge in [0.05, 0.1) is 0 Å². The van der Waals surface area contributed by atoms with Crippen LogP contribution in [0.5, 0.6) is 5.75 Å². The molecule has 0 aliphatic rings. The Morgan fingerprint density at radius 1 is 1.33 bits per heavy atom. The molecule has 1 rings (SSSR count). The van der Waals surface area contributed by atoms with Gasteiger partial charge >= 0.3 is 0 Å². The number of aromatic hydroxyl groups is 1. The molecule has 0 saturated carbocycles. The van der Waals surface area contributed by atoms with E-state index < -0.39 is 0 Å². The second-order valence-electron chi connectivity index (χ2n) is 5.57. The molecule has 0 aromatic heterocycles. The van der Waals surface area contributed by atoms with Gasteiger partial charge in [0.25, 0.3) is 0 Å². The molecule has 0 aliphatic carbocycles. The SMILES string of the molecule is CC(C)(C)c1cc(CCC(N)=O)cc(CN)c1O. The van der Waals surface area contributed by atoms with Gasteiger partial charge in [-0.1, -0.05) is 32.9 Å². The summed E-state index contributed by atoms with van der Waals surface area (Å²) in [6.07, 6.45) is 0.879. The normalized spacial score (nSPS) is 11.6. The number of primary amides is 1. The number of hydrogen-bond donors (Lipinski definition) is 3. The van der Waals surface area contributed by atoms with Crippen molar-refractivity contribution in [1.82, 2.24) is 0 Å². The van der Waals surface area contributed by atoms with Crippen molar-refractivity contribution in [3.8, 4) is 5.75 Å². The highest BCUT2D eigenvalue weighted by atomic mass is 16.3. The minimum Gasteiger partial charge on any atom is -0.507 e. The van der Waals surface area contributed by atoms with Crippen LogP contribution in [0.2, 0.25) is 0 Å². The zero-order valence-electron chi connectivity index (χ0n) is 11.3. The molecule has 4 heteroatoms. The van der Waals surface area contributed by atoms with Crippen LogP contribution in [0.1, 0.15) is 43.9 Å². The smallest absolute Gasteiger partial charge is 0.217 e. The average Bonchev–Trinajstić information content (AvgIpc) is 2.25. The number of aryl methyl sites for hydroxylation is 1. The number of carbonyl (C=O) groups is 1. The summed E-state index contributed by atoms with van der Waals surface area (Å²) < 4.78 is 0. The first-order valence-electron chi connectivity index (χ1n) is 6.09. The summed E-state index contributed by atoms with van der Waals surface area (Å²) in [4.78, 5) is 10.8. The second-order valence-corrected chi connectivity index (χ2v) is 5.57. The average molecular weight is 250 g/mol. The Hall–Kier alpha value is -1.55.